The van der Waals surface area contributed by atoms with E-state index in [1.165, 1.54) is 0 Å². The van der Waals surface area contributed by atoms with E-state index in [1.807, 2.05) is 38.1 Å². The normalized spacial score (nSPS) is 17.7. The number of hydrogen-bond donors (Lipinski definition) is 2. The van der Waals surface area contributed by atoms with Crippen molar-refractivity contribution in [1.82, 2.24) is 0 Å². The number of ether oxygens (including phenoxy) is 1. The molecule has 0 radical (unpaired) electrons. The van der Waals surface area contributed by atoms with Crippen molar-refractivity contribution in [2.24, 2.45) is 0 Å². The number of carbonyl (C=O) groups excluding carboxylic acids is 2. The Hall–Kier alpha value is -3.21. The third-order valence-electron chi connectivity index (χ3n) is 4.60. The standard InChI is InChI=1S/C21H21N3O4/c1-13-3-8-17(14(2)11-13)24-9-10-28-19(21(24)27)18(25)20(26)23-16-6-4-15(12-22)5-7-16/h3-8,11,18-19,25H,9-10H2,1-2H3,(H,23,26)/t18?,19-/m1/s1. The minimum Gasteiger partial charge on any atom is -0.380 e. The second-order valence-electron chi connectivity index (χ2n) is 6.69. The lowest BCUT2D eigenvalue weighted by Gasteiger charge is -2.34. The Kier molecular flexibility index (Phi) is 5.73. The highest BCUT2D eigenvalue weighted by Crippen LogP contribution is 2.25. The van der Waals surface area contributed by atoms with Crippen LogP contribution in [0.15, 0.2) is 42.5 Å². The first kappa shape index (κ1) is 19.5. The van der Waals surface area contributed by atoms with Gasteiger partial charge in [-0.3, -0.25) is 9.59 Å². The summed E-state index contributed by atoms with van der Waals surface area (Å²) in [7, 11) is 0. The van der Waals surface area contributed by atoms with Gasteiger partial charge in [-0.25, -0.2) is 0 Å². The smallest absolute Gasteiger partial charge is 0.259 e. The third kappa shape index (κ3) is 4.03. The molecule has 2 aromatic rings. The number of carbonyl (C=O) groups is 2. The summed E-state index contributed by atoms with van der Waals surface area (Å²) in [4.78, 5) is 26.8. The number of nitriles is 1. The van der Waals surface area contributed by atoms with E-state index < -0.39 is 24.0 Å². The number of benzene rings is 2. The number of nitrogens with zero attached hydrogens (tertiary/aromatic N) is 2. The molecule has 1 fully saturated rings. The van der Waals surface area contributed by atoms with Gasteiger partial charge in [-0.15, -0.1) is 0 Å². The minimum atomic E-state index is -1.66. The average Bonchev–Trinajstić information content (AvgIpc) is 2.69. The Labute approximate surface area is 163 Å². The molecule has 0 bridgehead atoms. The molecular formula is C21H21N3O4. The van der Waals surface area contributed by atoms with Crippen LogP contribution in [0.3, 0.4) is 0 Å². The van der Waals surface area contributed by atoms with Crippen molar-refractivity contribution in [3.8, 4) is 6.07 Å². The van der Waals surface area contributed by atoms with Crippen LogP contribution in [0.1, 0.15) is 16.7 Å². The van der Waals surface area contributed by atoms with Gasteiger partial charge in [-0.1, -0.05) is 17.7 Å². The summed E-state index contributed by atoms with van der Waals surface area (Å²) in [5, 5.41) is 21.8. The van der Waals surface area contributed by atoms with Crippen molar-refractivity contribution in [2.45, 2.75) is 26.1 Å². The van der Waals surface area contributed by atoms with Crippen LogP contribution in [0.4, 0.5) is 11.4 Å². The Balaban J connectivity index is 1.73. The molecule has 7 heteroatoms. The van der Waals surface area contributed by atoms with Crippen LogP contribution in [0, 0.1) is 25.2 Å². The Morgan fingerprint density at radius 2 is 2.00 bits per heavy atom. The Morgan fingerprint density at radius 1 is 1.29 bits per heavy atom. The maximum absolute atomic E-state index is 12.9. The summed E-state index contributed by atoms with van der Waals surface area (Å²) in [5.41, 5.74) is 3.63. The third-order valence-corrected chi connectivity index (χ3v) is 4.60. The number of nitrogens with one attached hydrogen (secondary N) is 1. The second kappa shape index (κ2) is 8.21. The van der Waals surface area contributed by atoms with Crippen LogP contribution in [-0.4, -0.2) is 42.3 Å². The fourth-order valence-corrected chi connectivity index (χ4v) is 3.16. The topological polar surface area (TPSA) is 103 Å². The quantitative estimate of drug-likeness (QED) is 0.845. The summed E-state index contributed by atoms with van der Waals surface area (Å²) < 4.78 is 5.42. The van der Waals surface area contributed by atoms with Crippen molar-refractivity contribution in [2.75, 3.05) is 23.4 Å². The largest absolute Gasteiger partial charge is 0.380 e. The molecule has 7 nitrogen and oxygen atoms in total. The molecular weight excluding hydrogens is 358 g/mol. The molecule has 2 atom stereocenters. The number of hydrogen-bond acceptors (Lipinski definition) is 5. The Morgan fingerprint density at radius 3 is 2.64 bits per heavy atom. The zero-order chi connectivity index (χ0) is 20.3. The lowest BCUT2D eigenvalue weighted by atomic mass is 10.1. The summed E-state index contributed by atoms with van der Waals surface area (Å²) in [6, 6.07) is 13.9. The van der Waals surface area contributed by atoms with E-state index in [-0.39, 0.29) is 6.61 Å². The predicted molar refractivity (Wildman–Crippen MR) is 104 cm³/mol. The van der Waals surface area contributed by atoms with E-state index in [1.54, 1.807) is 29.2 Å². The molecule has 1 heterocycles. The van der Waals surface area contributed by atoms with E-state index in [4.69, 9.17) is 10.00 Å². The van der Waals surface area contributed by atoms with Crippen LogP contribution in [0.5, 0.6) is 0 Å². The van der Waals surface area contributed by atoms with Gasteiger partial charge in [-0.2, -0.15) is 5.26 Å². The van der Waals surface area contributed by atoms with Crippen LogP contribution in [0.25, 0.3) is 0 Å². The molecule has 0 spiro atoms. The fraction of sp³-hybridized carbons (Fsp3) is 0.286. The van der Waals surface area contributed by atoms with E-state index in [9.17, 15) is 14.7 Å². The molecule has 3 rings (SSSR count). The molecule has 1 aliphatic heterocycles. The van der Waals surface area contributed by atoms with Gasteiger partial charge in [0, 0.05) is 17.9 Å². The molecule has 2 aromatic carbocycles. The van der Waals surface area contributed by atoms with Crippen LogP contribution < -0.4 is 10.2 Å². The zero-order valence-corrected chi connectivity index (χ0v) is 15.7. The van der Waals surface area contributed by atoms with Gasteiger partial charge in [0.05, 0.1) is 18.2 Å². The first-order chi connectivity index (χ1) is 13.4. The van der Waals surface area contributed by atoms with E-state index >= 15 is 0 Å². The number of aliphatic hydroxyl groups is 1. The maximum Gasteiger partial charge on any atom is 0.259 e. The zero-order valence-electron chi connectivity index (χ0n) is 15.7. The second-order valence-corrected chi connectivity index (χ2v) is 6.69. The lowest BCUT2D eigenvalue weighted by molar-refractivity contribution is -0.150. The highest BCUT2D eigenvalue weighted by atomic mass is 16.5. The van der Waals surface area contributed by atoms with Gasteiger partial charge >= 0.3 is 0 Å². The van der Waals surface area contributed by atoms with E-state index in [2.05, 4.69) is 5.32 Å². The van der Waals surface area contributed by atoms with Gasteiger partial charge in [-0.05, 0) is 49.7 Å². The summed E-state index contributed by atoms with van der Waals surface area (Å²) >= 11 is 0. The van der Waals surface area contributed by atoms with Crippen molar-refractivity contribution >= 4 is 23.2 Å². The first-order valence-electron chi connectivity index (χ1n) is 8.90. The monoisotopic (exact) mass is 379 g/mol. The molecule has 1 aliphatic rings. The molecule has 1 saturated heterocycles. The van der Waals surface area contributed by atoms with Crippen LogP contribution in [0.2, 0.25) is 0 Å². The highest BCUT2D eigenvalue weighted by Gasteiger charge is 2.39. The van der Waals surface area contributed by atoms with E-state index in [0.717, 1.165) is 16.8 Å². The minimum absolute atomic E-state index is 0.213. The number of rotatable bonds is 4. The van der Waals surface area contributed by atoms with Gasteiger partial charge < -0.3 is 20.1 Å². The maximum atomic E-state index is 12.9. The highest BCUT2D eigenvalue weighted by molar-refractivity contribution is 6.04. The van der Waals surface area contributed by atoms with Crippen molar-refractivity contribution < 1.29 is 19.4 Å². The molecule has 2 amide bonds. The number of aryl methyl sites for hydroxylation is 2. The number of morpholine rings is 1. The molecule has 0 aromatic heterocycles. The molecule has 2 N–H and O–H groups in total. The first-order valence-corrected chi connectivity index (χ1v) is 8.90. The van der Waals surface area contributed by atoms with Crippen molar-refractivity contribution in [3.63, 3.8) is 0 Å². The van der Waals surface area contributed by atoms with Gasteiger partial charge in [0.1, 0.15) is 0 Å². The van der Waals surface area contributed by atoms with Gasteiger partial charge in [0.25, 0.3) is 11.8 Å². The van der Waals surface area contributed by atoms with E-state index in [0.29, 0.717) is 17.8 Å². The number of aliphatic hydroxyl groups excluding tert-OH is 1. The van der Waals surface area contributed by atoms with Crippen LogP contribution in [-0.2, 0) is 14.3 Å². The van der Waals surface area contributed by atoms with Crippen molar-refractivity contribution in [1.29, 1.82) is 5.26 Å². The predicted octanol–water partition coefficient (Wildman–Crippen LogP) is 1.91. The molecule has 144 valence electrons. The average molecular weight is 379 g/mol. The summed E-state index contributed by atoms with van der Waals surface area (Å²) in [6.07, 6.45) is -2.94. The fourth-order valence-electron chi connectivity index (χ4n) is 3.16. The Bertz CT molecular complexity index is 934. The van der Waals surface area contributed by atoms with Crippen LogP contribution >= 0.6 is 0 Å². The number of anilines is 2. The molecule has 1 unspecified atom stereocenters. The van der Waals surface area contributed by atoms with Gasteiger partial charge in [0.2, 0.25) is 0 Å². The lowest BCUT2D eigenvalue weighted by Crippen LogP contribution is -2.55. The number of amides is 2. The summed E-state index contributed by atoms with van der Waals surface area (Å²) in [5.74, 6) is -1.20. The van der Waals surface area contributed by atoms with Gasteiger partial charge in [0.15, 0.2) is 12.2 Å². The molecule has 0 aliphatic carbocycles. The van der Waals surface area contributed by atoms with Crippen molar-refractivity contribution in [3.05, 3.63) is 59.2 Å². The molecule has 0 saturated carbocycles. The SMILES string of the molecule is Cc1ccc(N2CCO[C@H](C(O)C(=O)Nc3ccc(C#N)cc3)C2=O)c(C)c1. The summed E-state index contributed by atoms with van der Waals surface area (Å²) in [6.45, 7) is 4.44. The molecule has 28 heavy (non-hydrogen) atoms.